The molecule has 0 radical (unpaired) electrons. The van der Waals surface area contributed by atoms with Crippen LogP contribution >= 0.6 is 27.5 Å². The smallest absolute Gasteiger partial charge is 0.225 e. The fourth-order valence-electron chi connectivity index (χ4n) is 4.46. The first-order valence-corrected chi connectivity index (χ1v) is 10.1. The lowest BCUT2D eigenvalue weighted by atomic mass is 9.86. The number of amides is 1. The minimum absolute atomic E-state index is 0.00239. The van der Waals surface area contributed by atoms with Crippen LogP contribution in [0.3, 0.4) is 0 Å². The summed E-state index contributed by atoms with van der Waals surface area (Å²) >= 11 is 9.49. The average Bonchev–Trinajstić information content (AvgIpc) is 3.28. The molecule has 3 unspecified atom stereocenters. The summed E-state index contributed by atoms with van der Waals surface area (Å²) in [5, 5.41) is 7.61. The highest BCUT2D eigenvalue weighted by atomic mass is 79.9. The number of nitrogens with one attached hydrogen (secondary N) is 1. The van der Waals surface area contributed by atoms with E-state index in [1.165, 1.54) is 31.7 Å². The number of halogens is 3. The van der Waals surface area contributed by atoms with Crippen LogP contribution in [0.25, 0.3) is 0 Å². The van der Waals surface area contributed by atoms with Crippen LogP contribution in [0.2, 0.25) is 5.02 Å². The van der Waals surface area contributed by atoms with E-state index in [0.717, 1.165) is 11.8 Å². The van der Waals surface area contributed by atoms with Gasteiger partial charge in [0.15, 0.2) is 5.82 Å². The molecule has 4 nitrogen and oxygen atoms in total. The minimum Gasteiger partial charge on any atom is -0.308 e. The molecule has 26 heavy (non-hydrogen) atoms. The predicted molar refractivity (Wildman–Crippen MR) is 103 cm³/mol. The van der Waals surface area contributed by atoms with Crippen LogP contribution in [0.5, 0.6) is 0 Å². The summed E-state index contributed by atoms with van der Waals surface area (Å²) in [5.74, 6) is 2.14. The zero-order valence-corrected chi connectivity index (χ0v) is 16.6. The Balaban J connectivity index is 1.41. The number of anilines is 1. The van der Waals surface area contributed by atoms with Gasteiger partial charge in [0.05, 0.1) is 11.0 Å². The molecule has 0 aliphatic heterocycles. The van der Waals surface area contributed by atoms with Crippen molar-refractivity contribution in [3.63, 3.8) is 0 Å². The Morgan fingerprint density at radius 1 is 1.38 bits per heavy atom. The lowest BCUT2D eigenvalue weighted by molar-refractivity contribution is -0.117. The van der Waals surface area contributed by atoms with E-state index in [4.69, 9.17) is 11.6 Å². The van der Waals surface area contributed by atoms with E-state index in [9.17, 15) is 9.18 Å². The summed E-state index contributed by atoms with van der Waals surface area (Å²) in [5.41, 5.74) is 0.379. The minimum atomic E-state index is -0.369. The van der Waals surface area contributed by atoms with Crippen molar-refractivity contribution in [3.05, 3.63) is 45.3 Å². The number of carbonyl (C=O) groups excluding carboxylic acids is 1. The number of nitrogens with zero attached hydrogens (tertiary/aromatic N) is 2. The average molecular weight is 441 g/mol. The molecule has 2 aromatic rings. The van der Waals surface area contributed by atoms with Crippen molar-refractivity contribution in [3.8, 4) is 0 Å². The van der Waals surface area contributed by atoms with E-state index in [1.807, 2.05) is 0 Å². The molecule has 2 aliphatic carbocycles. The first-order valence-electron chi connectivity index (χ1n) is 8.95. The highest BCUT2D eigenvalue weighted by molar-refractivity contribution is 9.10. The second-order valence-electron chi connectivity index (χ2n) is 7.41. The maximum Gasteiger partial charge on any atom is 0.225 e. The normalized spacial score (nSPS) is 24.2. The fraction of sp³-hybridized carbons (Fsp3) is 0.474. The van der Waals surface area contributed by atoms with Crippen molar-refractivity contribution in [2.75, 3.05) is 5.32 Å². The van der Waals surface area contributed by atoms with Crippen LogP contribution in [-0.4, -0.2) is 15.7 Å². The summed E-state index contributed by atoms with van der Waals surface area (Å²) in [7, 11) is 0. The molecule has 3 atom stereocenters. The first kappa shape index (κ1) is 18.0. The lowest BCUT2D eigenvalue weighted by Gasteiger charge is -2.20. The topological polar surface area (TPSA) is 46.9 Å². The number of carbonyl (C=O) groups is 1. The van der Waals surface area contributed by atoms with Crippen molar-refractivity contribution in [2.24, 2.45) is 17.8 Å². The molecule has 138 valence electrons. The Hall–Kier alpha value is -1.40. The van der Waals surface area contributed by atoms with Crippen LogP contribution in [0, 0.1) is 23.6 Å². The number of aromatic nitrogens is 2. The van der Waals surface area contributed by atoms with Gasteiger partial charge in [0, 0.05) is 23.2 Å². The number of hydrogen-bond donors (Lipinski definition) is 1. The Morgan fingerprint density at radius 2 is 2.23 bits per heavy atom. The molecular formula is C19H20BrClFN3O. The van der Waals surface area contributed by atoms with Crippen LogP contribution in [-0.2, 0) is 11.3 Å². The molecule has 1 N–H and O–H groups in total. The molecule has 0 saturated heterocycles. The Labute approximate surface area is 165 Å². The molecule has 2 fully saturated rings. The quantitative estimate of drug-likeness (QED) is 0.690. The van der Waals surface area contributed by atoms with Crippen molar-refractivity contribution in [1.82, 2.24) is 9.78 Å². The Kier molecular flexibility index (Phi) is 5.06. The Morgan fingerprint density at radius 3 is 2.92 bits per heavy atom. The molecule has 2 bridgehead atoms. The van der Waals surface area contributed by atoms with E-state index in [1.54, 1.807) is 23.0 Å². The second kappa shape index (κ2) is 7.31. The zero-order valence-electron chi connectivity index (χ0n) is 14.2. The third-order valence-corrected chi connectivity index (χ3v) is 6.62. The predicted octanol–water partition coefficient (Wildman–Crippen LogP) is 5.25. The van der Waals surface area contributed by atoms with Gasteiger partial charge >= 0.3 is 0 Å². The fourth-order valence-corrected chi connectivity index (χ4v) is 5.09. The van der Waals surface area contributed by atoms with Gasteiger partial charge in [-0.2, -0.15) is 5.10 Å². The number of fused-ring (bicyclic) bond motifs is 2. The SMILES string of the molecule is O=C(CC1CC2CCC1C2)Nc1nn(Cc2c(F)cccc2Cl)cc1Br. The van der Waals surface area contributed by atoms with Gasteiger partial charge in [0.25, 0.3) is 0 Å². The van der Waals surface area contributed by atoms with Crippen molar-refractivity contribution in [1.29, 1.82) is 0 Å². The molecule has 1 amide bonds. The number of benzene rings is 1. The second-order valence-corrected chi connectivity index (χ2v) is 8.67. The summed E-state index contributed by atoms with van der Waals surface area (Å²) in [6.07, 6.45) is 7.34. The van der Waals surface area contributed by atoms with Gasteiger partial charge in [0.2, 0.25) is 5.91 Å². The monoisotopic (exact) mass is 439 g/mol. The van der Waals surface area contributed by atoms with E-state index < -0.39 is 0 Å². The van der Waals surface area contributed by atoms with E-state index in [2.05, 4.69) is 26.3 Å². The van der Waals surface area contributed by atoms with Crippen LogP contribution in [0.4, 0.5) is 10.2 Å². The number of rotatable bonds is 5. The summed E-state index contributed by atoms with van der Waals surface area (Å²) < 4.78 is 16.2. The van der Waals surface area contributed by atoms with Crippen molar-refractivity contribution < 1.29 is 9.18 Å². The summed E-state index contributed by atoms with van der Waals surface area (Å²) in [6, 6.07) is 4.59. The molecule has 1 aromatic carbocycles. The maximum atomic E-state index is 13.9. The molecule has 2 aliphatic rings. The highest BCUT2D eigenvalue weighted by Gasteiger charge is 2.40. The van der Waals surface area contributed by atoms with E-state index in [0.29, 0.717) is 33.2 Å². The van der Waals surface area contributed by atoms with E-state index >= 15 is 0 Å². The van der Waals surface area contributed by atoms with Crippen molar-refractivity contribution in [2.45, 2.75) is 38.6 Å². The van der Waals surface area contributed by atoms with Crippen LogP contribution in [0.1, 0.15) is 37.7 Å². The summed E-state index contributed by atoms with van der Waals surface area (Å²) in [6.45, 7) is 0.201. The third kappa shape index (κ3) is 3.67. The first-order chi connectivity index (χ1) is 12.5. The maximum absolute atomic E-state index is 13.9. The molecule has 7 heteroatoms. The Bertz CT molecular complexity index is 820. The molecule has 4 rings (SSSR count). The largest absolute Gasteiger partial charge is 0.308 e. The number of hydrogen-bond acceptors (Lipinski definition) is 2. The van der Waals surface area contributed by atoms with E-state index in [-0.39, 0.29) is 18.3 Å². The molecule has 2 saturated carbocycles. The van der Waals surface area contributed by atoms with Crippen LogP contribution < -0.4 is 5.32 Å². The van der Waals surface area contributed by atoms with Gasteiger partial charge < -0.3 is 5.32 Å². The van der Waals surface area contributed by atoms with Gasteiger partial charge in [0.1, 0.15) is 5.82 Å². The third-order valence-electron chi connectivity index (χ3n) is 5.69. The van der Waals surface area contributed by atoms with Crippen molar-refractivity contribution >= 4 is 39.3 Å². The molecule has 1 heterocycles. The molecule has 0 spiro atoms. The lowest BCUT2D eigenvalue weighted by Crippen LogP contribution is -2.20. The van der Waals surface area contributed by atoms with Crippen LogP contribution in [0.15, 0.2) is 28.9 Å². The summed E-state index contributed by atoms with van der Waals surface area (Å²) in [4.78, 5) is 12.4. The van der Waals surface area contributed by atoms with Gasteiger partial charge in [-0.05, 0) is 65.1 Å². The van der Waals surface area contributed by atoms with Gasteiger partial charge in [-0.1, -0.05) is 24.1 Å². The van der Waals surface area contributed by atoms with Gasteiger partial charge in [-0.25, -0.2) is 4.39 Å². The molecule has 1 aromatic heterocycles. The van der Waals surface area contributed by atoms with Gasteiger partial charge in [-0.15, -0.1) is 0 Å². The standard InChI is InChI=1S/C19H20BrClFN3O/c20-15-10-25(9-14-16(21)2-1-3-17(14)22)24-19(15)23-18(26)8-13-7-11-4-5-12(13)6-11/h1-3,10-13H,4-9H2,(H,23,24,26). The zero-order chi connectivity index (χ0) is 18.3. The highest BCUT2D eigenvalue weighted by Crippen LogP contribution is 2.49. The van der Waals surface area contributed by atoms with Gasteiger partial charge in [-0.3, -0.25) is 9.48 Å². The molecular weight excluding hydrogens is 421 g/mol.